The van der Waals surface area contributed by atoms with E-state index >= 15 is 0 Å². The molecule has 0 fully saturated rings. The molecule has 0 radical (unpaired) electrons. The summed E-state index contributed by atoms with van der Waals surface area (Å²) in [7, 11) is 0. The summed E-state index contributed by atoms with van der Waals surface area (Å²) in [5.74, 6) is 0. The minimum atomic E-state index is 0.574. The van der Waals surface area contributed by atoms with Crippen LogP contribution >= 0.6 is 11.6 Å². The molecule has 0 N–H and O–H groups in total. The molecule has 1 aromatic heterocycles. The van der Waals surface area contributed by atoms with E-state index in [0.717, 1.165) is 28.4 Å². The molecule has 0 saturated heterocycles. The average molecular weight is 220 g/mol. The second-order valence-electron chi connectivity index (χ2n) is 3.56. The van der Waals surface area contributed by atoms with E-state index in [1.54, 1.807) is 12.1 Å². The molecule has 0 bridgehead atoms. The van der Waals surface area contributed by atoms with Crippen molar-refractivity contribution in [3.05, 3.63) is 40.0 Å². The molecule has 0 aliphatic carbocycles. The summed E-state index contributed by atoms with van der Waals surface area (Å²) in [5, 5.41) is 1.32. The SMILES string of the molecule is Cc1cc(C=O)c2c(Cl)ccc(C)c2n1. The number of nitrogens with zero attached hydrogens (tertiary/aromatic N) is 1. The number of halogens is 1. The number of carbonyl (C=O) groups is 1. The topological polar surface area (TPSA) is 30.0 Å². The quantitative estimate of drug-likeness (QED) is 0.689. The Hall–Kier alpha value is -1.41. The van der Waals surface area contributed by atoms with Gasteiger partial charge in [0.1, 0.15) is 0 Å². The standard InChI is InChI=1S/C12H10ClNO/c1-7-3-4-10(13)11-9(6-15)5-8(2)14-12(7)11/h3-6H,1-2H3. The van der Waals surface area contributed by atoms with Crippen LogP contribution in [0.25, 0.3) is 10.9 Å². The second kappa shape index (κ2) is 3.63. The number of fused-ring (bicyclic) bond motifs is 1. The van der Waals surface area contributed by atoms with E-state index in [2.05, 4.69) is 4.98 Å². The predicted molar refractivity (Wildman–Crippen MR) is 61.6 cm³/mol. The van der Waals surface area contributed by atoms with Gasteiger partial charge in [0.25, 0.3) is 0 Å². The number of aromatic nitrogens is 1. The maximum Gasteiger partial charge on any atom is 0.150 e. The molecule has 0 unspecified atom stereocenters. The number of aryl methyl sites for hydroxylation is 2. The molecule has 15 heavy (non-hydrogen) atoms. The number of aldehydes is 1. The fourth-order valence-corrected chi connectivity index (χ4v) is 1.95. The molecule has 0 amide bonds. The molecule has 0 saturated carbocycles. The minimum absolute atomic E-state index is 0.574. The first-order valence-corrected chi connectivity index (χ1v) is 5.03. The smallest absolute Gasteiger partial charge is 0.150 e. The normalized spacial score (nSPS) is 10.6. The van der Waals surface area contributed by atoms with Gasteiger partial charge in [0.05, 0.1) is 10.5 Å². The number of carbonyl (C=O) groups excluding carboxylic acids is 1. The Labute approximate surface area is 92.9 Å². The van der Waals surface area contributed by atoms with Gasteiger partial charge in [0.2, 0.25) is 0 Å². The first kappa shape index (κ1) is 10.1. The van der Waals surface area contributed by atoms with Crippen molar-refractivity contribution in [1.82, 2.24) is 4.98 Å². The van der Waals surface area contributed by atoms with Crippen LogP contribution in [0.15, 0.2) is 18.2 Å². The Kier molecular flexibility index (Phi) is 2.45. The van der Waals surface area contributed by atoms with Crippen LogP contribution in [-0.4, -0.2) is 11.3 Å². The van der Waals surface area contributed by atoms with Gasteiger partial charge >= 0.3 is 0 Å². The van der Waals surface area contributed by atoms with Crippen LogP contribution in [0.3, 0.4) is 0 Å². The van der Waals surface area contributed by atoms with Crippen molar-refractivity contribution >= 4 is 28.8 Å². The van der Waals surface area contributed by atoms with Crippen molar-refractivity contribution in [3.8, 4) is 0 Å². The van der Waals surface area contributed by atoms with E-state index in [9.17, 15) is 4.79 Å². The third-order valence-electron chi connectivity index (χ3n) is 2.40. The zero-order chi connectivity index (χ0) is 11.0. The van der Waals surface area contributed by atoms with Crippen LogP contribution in [0.5, 0.6) is 0 Å². The Morgan fingerprint density at radius 3 is 2.73 bits per heavy atom. The lowest BCUT2D eigenvalue weighted by atomic mass is 10.1. The molecule has 1 heterocycles. The van der Waals surface area contributed by atoms with Crippen LogP contribution < -0.4 is 0 Å². The van der Waals surface area contributed by atoms with E-state index in [1.807, 2.05) is 19.9 Å². The number of hydrogen-bond donors (Lipinski definition) is 0. The molecule has 0 aliphatic heterocycles. The van der Waals surface area contributed by atoms with E-state index < -0.39 is 0 Å². The molecule has 3 heteroatoms. The summed E-state index contributed by atoms with van der Waals surface area (Å²) >= 11 is 6.07. The molecule has 0 atom stereocenters. The van der Waals surface area contributed by atoms with Crippen LogP contribution in [-0.2, 0) is 0 Å². The van der Waals surface area contributed by atoms with Gasteiger partial charge in [-0.2, -0.15) is 0 Å². The molecule has 76 valence electrons. The predicted octanol–water partition coefficient (Wildman–Crippen LogP) is 3.32. The fourth-order valence-electron chi connectivity index (χ4n) is 1.69. The monoisotopic (exact) mass is 219 g/mol. The zero-order valence-electron chi connectivity index (χ0n) is 8.54. The Bertz CT molecular complexity index is 549. The van der Waals surface area contributed by atoms with E-state index in [1.165, 1.54) is 0 Å². The number of hydrogen-bond acceptors (Lipinski definition) is 2. The van der Waals surface area contributed by atoms with Gasteiger partial charge in [-0.3, -0.25) is 9.78 Å². The molecule has 0 spiro atoms. The lowest BCUT2D eigenvalue weighted by Gasteiger charge is -2.07. The Balaban J connectivity index is 3.01. The Morgan fingerprint density at radius 1 is 1.33 bits per heavy atom. The lowest BCUT2D eigenvalue weighted by molar-refractivity contribution is 0.112. The summed E-state index contributed by atoms with van der Waals surface area (Å²) in [4.78, 5) is 15.4. The highest BCUT2D eigenvalue weighted by molar-refractivity contribution is 6.36. The van der Waals surface area contributed by atoms with Gasteiger partial charge in [0.15, 0.2) is 6.29 Å². The third kappa shape index (κ3) is 1.61. The molecule has 0 aliphatic rings. The van der Waals surface area contributed by atoms with Crippen LogP contribution in [0.4, 0.5) is 0 Å². The molecule has 2 aromatic rings. The number of benzene rings is 1. The highest BCUT2D eigenvalue weighted by Gasteiger charge is 2.08. The zero-order valence-corrected chi connectivity index (χ0v) is 9.30. The minimum Gasteiger partial charge on any atom is -0.298 e. The van der Waals surface area contributed by atoms with Gasteiger partial charge < -0.3 is 0 Å². The highest BCUT2D eigenvalue weighted by Crippen LogP contribution is 2.27. The van der Waals surface area contributed by atoms with Crippen molar-refractivity contribution in [1.29, 1.82) is 0 Å². The summed E-state index contributed by atoms with van der Waals surface area (Å²) in [6, 6.07) is 5.45. The fraction of sp³-hybridized carbons (Fsp3) is 0.167. The third-order valence-corrected chi connectivity index (χ3v) is 2.71. The average Bonchev–Trinajstić information content (AvgIpc) is 2.22. The summed E-state index contributed by atoms with van der Waals surface area (Å²) in [6.07, 6.45) is 0.822. The molecular formula is C12H10ClNO. The van der Waals surface area contributed by atoms with Crippen molar-refractivity contribution < 1.29 is 4.79 Å². The van der Waals surface area contributed by atoms with E-state index in [4.69, 9.17) is 11.6 Å². The largest absolute Gasteiger partial charge is 0.298 e. The summed E-state index contributed by atoms with van der Waals surface area (Å²) in [6.45, 7) is 3.83. The van der Waals surface area contributed by atoms with Crippen molar-refractivity contribution in [2.45, 2.75) is 13.8 Å². The van der Waals surface area contributed by atoms with Crippen LogP contribution in [0.2, 0.25) is 5.02 Å². The van der Waals surface area contributed by atoms with Gasteiger partial charge in [-0.05, 0) is 31.5 Å². The van der Waals surface area contributed by atoms with Gasteiger partial charge in [-0.1, -0.05) is 17.7 Å². The molecule has 2 nitrogen and oxygen atoms in total. The van der Waals surface area contributed by atoms with Crippen molar-refractivity contribution in [3.63, 3.8) is 0 Å². The summed E-state index contributed by atoms with van der Waals surface area (Å²) in [5.41, 5.74) is 3.27. The van der Waals surface area contributed by atoms with Crippen molar-refractivity contribution in [2.24, 2.45) is 0 Å². The first-order valence-electron chi connectivity index (χ1n) is 4.65. The van der Waals surface area contributed by atoms with E-state index in [0.29, 0.717) is 10.6 Å². The number of pyridine rings is 1. The molecule has 2 rings (SSSR count). The van der Waals surface area contributed by atoms with Crippen molar-refractivity contribution in [2.75, 3.05) is 0 Å². The maximum absolute atomic E-state index is 10.9. The maximum atomic E-state index is 10.9. The molecular weight excluding hydrogens is 210 g/mol. The van der Waals surface area contributed by atoms with Gasteiger partial charge in [0, 0.05) is 16.6 Å². The van der Waals surface area contributed by atoms with Crippen LogP contribution in [0.1, 0.15) is 21.6 Å². The van der Waals surface area contributed by atoms with Gasteiger partial charge in [-0.25, -0.2) is 0 Å². The number of rotatable bonds is 1. The summed E-state index contributed by atoms with van der Waals surface area (Å²) < 4.78 is 0. The first-order chi connectivity index (χ1) is 7.13. The van der Waals surface area contributed by atoms with E-state index in [-0.39, 0.29) is 0 Å². The van der Waals surface area contributed by atoms with Crippen LogP contribution in [0, 0.1) is 13.8 Å². The highest BCUT2D eigenvalue weighted by atomic mass is 35.5. The molecule has 1 aromatic carbocycles. The second-order valence-corrected chi connectivity index (χ2v) is 3.97. The lowest BCUT2D eigenvalue weighted by Crippen LogP contribution is -1.93. The van der Waals surface area contributed by atoms with Gasteiger partial charge in [-0.15, -0.1) is 0 Å². The Morgan fingerprint density at radius 2 is 2.07 bits per heavy atom.